The Hall–Kier alpha value is -4.41. The van der Waals surface area contributed by atoms with Crippen LogP contribution in [0.15, 0.2) is 52.1 Å². The van der Waals surface area contributed by atoms with Crippen LogP contribution in [0.3, 0.4) is 0 Å². The molecular weight excluding hydrogens is 538 g/mol. The number of nitrogens with zero attached hydrogens (tertiary/aromatic N) is 3. The monoisotopic (exact) mass is 575 g/mol. The summed E-state index contributed by atoms with van der Waals surface area (Å²) in [4.78, 5) is 66.4. The number of likely N-dealkylation sites (tertiary alicyclic amines) is 1. The van der Waals surface area contributed by atoms with Crippen LogP contribution in [-0.4, -0.2) is 51.6 Å². The number of carbonyl (C=O) groups is 3. The standard InChI is InChI=1S/C31H37N5O6/c1-4-42-29(39)21-7-5-9-23(15-21)32-27(37)22-8-6-14-34(18-22)30(40)33-24-12-13-26-25(16-24)28(38)35(17-20-10-11-20)31(41)36(26)19(2)3/h5,7,9,12-13,15-16,19-20,22H,4,6,8,10-11,14,17-18H2,1-3H3,(H,32,37)(H,33,40). The van der Waals surface area contributed by atoms with Gasteiger partial charge >= 0.3 is 17.7 Å². The highest BCUT2D eigenvalue weighted by Crippen LogP contribution is 2.30. The van der Waals surface area contributed by atoms with Crippen LogP contribution in [0.4, 0.5) is 16.2 Å². The second-order valence-corrected chi connectivity index (χ2v) is 11.3. The normalized spacial score (nSPS) is 16.9. The Morgan fingerprint density at radius 2 is 1.76 bits per heavy atom. The van der Waals surface area contributed by atoms with Crippen molar-refractivity contribution in [1.82, 2.24) is 14.0 Å². The summed E-state index contributed by atoms with van der Waals surface area (Å²) in [6.07, 6.45) is 3.29. The summed E-state index contributed by atoms with van der Waals surface area (Å²) in [5.41, 5.74) is 1.15. The lowest BCUT2D eigenvalue weighted by atomic mass is 9.97. The molecule has 2 heterocycles. The van der Waals surface area contributed by atoms with Gasteiger partial charge in [0, 0.05) is 37.1 Å². The first-order chi connectivity index (χ1) is 20.2. The second kappa shape index (κ2) is 12.2. The van der Waals surface area contributed by atoms with Crippen molar-refractivity contribution < 1.29 is 19.1 Å². The molecule has 11 heteroatoms. The Morgan fingerprint density at radius 1 is 1.00 bits per heavy atom. The number of rotatable bonds is 8. The third-order valence-corrected chi connectivity index (χ3v) is 7.79. The molecule has 0 spiro atoms. The molecule has 1 atom stereocenters. The average molecular weight is 576 g/mol. The Bertz CT molecular complexity index is 1640. The number of fused-ring (bicyclic) bond motifs is 1. The highest BCUT2D eigenvalue weighted by Gasteiger charge is 2.29. The molecule has 222 valence electrons. The first-order valence-electron chi connectivity index (χ1n) is 14.6. The maximum Gasteiger partial charge on any atom is 0.338 e. The van der Waals surface area contributed by atoms with Gasteiger partial charge in [-0.3, -0.25) is 18.7 Å². The zero-order valence-electron chi connectivity index (χ0n) is 24.2. The van der Waals surface area contributed by atoms with E-state index in [0.29, 0.717) is 59.7 Å². The summed E-state index contributed by atoms with van der Waals surface area (Å²) in [7, 11) is 0. The van der Waals surface area contributed by atoms with E-state index in [4.69, 9.17) is 4.74 Å². The number of nitrogens with one attached hydrogen (secondary N) is 2. The molecule has 2 aliphatic rings. The van der Waals surface area contributed by atoms with E-state index < -0.39 is 11.9 Å². The first kappa shape index (κ1) is 29.1. The molecule has 42 heavy (non-hydrogen) atoms. The summed E-state index contributed by atoms with van der Waals surface area (Å²) >= 11 is 0. The number of hydrogen-bond acceptors (Lipinski definition) is 6. The summed E-state index contributed by atoms with van der Waals surface area (Å²) in [6, 6.07) is 11.1. The third-order valence-electron chi connectivity index (χ3n) is 7.79. The van der Waals surface area contributed by atoms with Crippen LogP contribution in [0, 0.1) is 11.8 Å². The number of benzene rings is 2. The molecule has 1 aliphatic carbocycles. The number of urea groups is 1. The van der Waals surface area contributed by atoms with Crippen LogP contribution in [0.2, 0.25) is 0 Å². The van der Waals surface area contributed by atoms with Gasteiger partial charge in [0.1, 0.15) is 0 Å². The molecule has 1 unspecified atom stereocenters. The molecule has 2 aromatic carbocycles. The molecule has 1 saturated carbocycles. The molecule has 11 nitrogen and oxygen atoms in total. The van der Waals surface area contributed by atoms with Crippen LogP contribution in [0.25, 0.3) is 10.9 Å². The van der Waals surface area contributed by atoms with Crippen molar-refractivity contribution in [2.75, 3.05) is 30.3 Å². The summed E-state index contributed by atoms with van der Waals surface area (Å²) in [5, 5.41) is 6.11. The number of anilines is 2. The number of esters is 1. The van der Waals surface area contributed by atoms with Gasteiger partial charge in [0.25, 0.3) is 5.56 Å². The fraction of sp³-hybridized carbons (Fsp3) is 0.452. The Kier molecular flexibility index (Phi) is 8.46. The van der Waals surface area contributed by atoms with Gasteiger partial charge in [-0.25, -0.2) is 14.4 Å². The highest BCUT2D eigenvalue weighted by atomic mass is 16.5. The minimum atomic E-state index is -0.461. The van der Waals surface area contributed by atoms with Crippen molar-refractivity contribution in [3.05, 3.63) is 68.9 Å². The lowest BCUT2D eigenvalue weighted by Crippen LogP contribution is -2.45. The van der Waals surface area contributed by atoms with Crippen LogP contribution in [0.5, 0.6) is 0 Å². The van der Waals surface area contributed by atoms with Gasteiger partial charge < -0.3 is 20.3 Å². The smallest absolute Gasteiger partial charge is 0.338 e. The number of carbonyl (C=O) groups excluding carboxylic acids is 3. The molecule has 2 fully saturated rings. The second-order valence-electron chi connectivity index (χ2n) is 11.3. The number of aromatic nitrogens is 2. The van der Waals surface area contributed by atoms with E-state index in [1.165, 1.54) is 4.57 Å². The predicted molar refractivity (Wildman–Crippen MR) is 160 cm³/mol. The lowest BCUT2D eigenvalue weighted by Gasteiger charge is -2.32. The first-order valence-corrected chi connectivity index (χ1v) is 14.6. The third kappa shape index (κ3) is 6.24. The Morgan fingerprint density at radius 3 is 2.48 bits per heavy atom. The van der Waals surface area contributed by atoms with Gasteiger partial charge in [-0.2, -0.15) is 0 Å². The summed E-state index contributed by atoms with van der Waals surface area (Å²) in [6.45, 7) is 6.91. The van der Waals surface area contributed by atoms with Crippen molar-refractivity contribution in [2.45, 2.75) is 59.0 Å². The van der Waals surface area contributed by atoms with E-state index in [0.717, 1.165) is 12.8 Å². The van der Waals surface area contributed by atoms with E-state index in [2.05, 4.69) is 10.6 Å². The number of ether oxygens (including phenoxy) is 1. The minimum absolute atomic E-state index is 0.143. The van der Waals surface area contributed by atoms with Crippen molar-refractivity contribution in [3.63, 3.8) is 0 Å². The van der Waals surface area contributed by atoms with Gasteiger partial charge in [-0.05, 0) is 88.8 Å². The molecule has 1 aromatic heterocycles. The van der Waals surface area contributed by atoms with Gasteiger partial charge in [0.15, 0.2) is 0 Å². The number of amides is 3. The molecule has 1 saturated heterocycles. The zero-order valence-corrected chi connectivity index (χ0v) is 24.2. The quantitative estimate of drug-likeness (QED) is 0.387. The summed E-state index contributed by atoms with van der Waals surface area (Å²) in [5.74, 6) is -0.774. The molecule has 1 aliphatic heterocycles. The van der Waals surface area contributed by atoms with Crippen molar-refractivity contribution in [3.8, 4) is 0 Å². The van der Waals surface area contributed by atoms with Gasteiger partial charge in [0.05, 0.1) is 29.0 Å². The molecular formula is C31H37N5O6. The number of hydrogen-bond donors (Lipinski definition) is 2. The van der Waals surface area contributed by atoms with Gasteiger partial charge in [0.2, 0.25) is 5.91 Å². The van der Waals surface area contributed by atoms with Gasteiger partial charge in [-0.1, -0.05) is 6.07 Å². The highest BCUT2D eigenvalue weighted by molar-refractivity contribution is 5.97. The van der Waals surface area contributed by atoms with E-state index in [1.54, 1.807) is 58.9 Å². The molecule has 5 rings (SSSR count). The van der Waals surface area contributed by atoms with Crippen LogP contribution in [0.1, 0.15) is 62.9 Å². The van der Waals surface area contributed by atoms with Crippen LogP contribution < -0.4 is 21.9 Å². The molecule has 0 radical (unpaired) electrons. The largest absolute Gasteiger partial charge is 0.462 e. The van der Waals surface area contributed by atoms with E-state index >= 15 is 0 Å². The Labute approximate surface area is 243 Å². The Balaban J connectivity index is 1.29. The zero-order chi connectivity index (χ0) is 30.0. The van der Waals surface area contributed by atoms with Crippen LogP contribution in [-0.2, 0) is 16.1 Å². The van der Waals surface area contributed by atoms with Gasteiger partial charge in [-0.15, -0.1) is 0 Å². The van der Waals surface area contributed by atoms with Crippen molar-refractivity contribution >= 4 is 40.2 Å². The predicted octanol–water partition coefficient (Wildman–Crippen LogP) is 4.21. The van der Waals surface area contributed by atoms with Crippen LogP contribution >= 0.6 is 0 Å². The van der Waals surface area contributed by atoms with E-state index in [-0.39, 0.29) is 42.4 Å². The fourth-order valence-electron chi connectivity index (χ4n) is 5.44. The van der Waals surface area contributed by atoms with Crippen molar-refractivity contribution in [2.24, 2.45) is 11.8 Å². The van der Waals surface area contributed by atoms with E-state index in [9.17, 15) is 24.0 Å². The topological polar surface area (TPSA) is 132 Å². The fourth-order valence-corrected chi connectivity index (χ4v) is 5.44. The molecule has 3 aromatic rings. The maximum atomic E-state index is 13.3. The minimum Gasteiger partial charge on any atom is -0.462 e. The molecule has 3 amide bonds. The maximum absolute atomic E-state index is 13.3. The lowest BCUT2D eigenvalue weighted by molar-refractivity contribution is -0.121. The summed E-state index contributed by atoms with van der Waals surface area (Å²) < 4.78 is 7.98. The van der Waals surface area contributed by atoms with Crippen molar-refractivity contribution in [1.29, 1.82) is 0 Å². The molecule has 2 N–H and O–H groups in total. The van der Waals surface area contributed by atoms with E-state index in [1.807, 2.05) is 13.8 Å². The molecule has 0 bridgehead atoms. The number of piperidine rings is 1. The SMILES string of the molecule is CCOC(=O)c1cccc(NC(=O)C2CCCN(C(=O)Nc3ccc4c(c3)c(=O)n(CC3CC3)c(=O)n4C(C)C)C2)c1. The average Bonchev–Trinajstić information content (AvgIpc) is 3.80.